The van der Waals surface area contributed by atoms with E-state index in [0.29, 0.717) is 10.8 Å². The van der Waals surface area contributed by atoms with Gasteiger partial charge in [-0.15, -0.1) is 11.3 Å². The second kappa shape index (κ2) is 6.81. The van der Waals surface area contributed by atoms with Crippen LogP contribution in [0.2, 0.25) is 0 Å². The van der Waals surface area contributed by atoms with Crippen LogP contribution in [0, 0.1) is 12.1 Å². The van der Waals surface area contributed by atoms with Crippen molar-refractivity contribution in [2.75, 3.05) is 5.32 Å². The van der Waals surface area contributed by atoms with E-state index in [2.05, 4.69) is 23.3 Å². The number of hydrogen-bond donors (Lipinski definition) is 1. The molecule has 0 aliphatic rings. The van der Waals surface area contributed by atoms with Crippen LogP contribution in [0.15, 0.2) is 59.1 Å². The van der Waals surface area contributed by atoms with E-state index >= 15 is 0 Å². The quantitative estimate of drug-likeness (QED) is 0.434. The van der Waals surface area contributed by atoms with Crippen LogP contribution in [0.1, 0.15) is 11.3 Å². The van der Waals surface area contributed by atoms with Gasteiger partial charge in [0.15, 0.2) is 11.3 Å². The highest BCUT2D eigenvalue weighted by atomic mass is 32.2. The fourth-order valence-corrected chi connectivity index (χ4v) is 3.57. The molecule has 0 aliphatic heterocycles. The van der Waals surface area contributed by atoms with Crippen molar-refractivity contribution in [2.24, 2.45) is 0 Å². The Morgan fingerprint density at radius 3 is 2.86 bits per heavy atom. The average Bonchev–Trinajstić information content (AvgIpc) is 2.96. The number of hydrogen-bond acceptors (Lipinski definition) is 5. The number of nitrogens with one attached hydrogen (secondary N) is 1. The van der Waals surface area contributed by atoms with Crippen molar-refractivity contribution < 1.29 is 4.73 Å². The van der Waals surface area contributed by atoms with Crippen molar-refractivity contribution in [2.45, 2.75) is 17.7 Å². The number of para-hydroxylation sites is 1. The summed E-state index contributed by atoms with van der Waals surface area (Å²) in [5, 5.41) is 18.5. The van der Waals surface area contributed by atoms with Crippen LogP contribution in [-0.4, -0.2) is 4.98 Å². The average molecular weight is 329 g/mol. The van der Waals surface area contributed by atoms with Crippen LogP contribution in [0.4, 0.5) is 10.8 Å². The number of anilines is 2. The van der Waals surface area contributed by atoms with E-state index in [1.54, 1.807) is 17.4 Å². The Balaban J connectivity index is 1.64. The molecule has 2 heterocycles. The summed E-state index contributed by atoms with van der Waals surface area (Å²) in [7, 11) is 0. The minimum atomic E-state index is 0.679. The molecule has 112 valence electrons. The molecule has 1 N–H and O–H groups in total. The first kappa shape index (κ1) is 14.9. The van der Waals surface area contributed by atoms with E-state index < -0.39 is 0 Å². The molecule has 3 rings (SSSR count). The lowest BCUT2D eigenvalue weighted by atomic mass is 10.2. The van der Waals surface area contributed by atoms with E-state index in [4.69, 9.17) is 0 Å². The maximum absolute atomic E-state index is 11.6. The Hall–Kier alpha value is -2.05. The molecule has 0 bridgehead atoms. The number of thioether (sulfide) groups is 1. The summed E-state index contributed by atoms with van der Waals surface area (Å²) in [6, 6.07) is 13.5. The van der Waals surface area contributed by atoms with Gasteiger partial charge < -0.3 is 10.5 Å². The zero-order chi connectivity index (χ0) is 15.4. The molecule has 0 spiro atoms. The summed E-state index contributed by atoms with van der Waals surface area (Å²) in [5.74, 6) is 0.679. The van der Waals surface area contributed by atoms with Gasteiger partial charge in [0, 0.05) is 29.0 Å². The number of benzene rings is 1. The van der Waals surface area contributed by atoms with Gasteiger partial charge in [-0.1, -0.05) is 18.2 Å². The molecule has 0 radical (unpaired) electrons. The van der Waals surface area contributed by atoms with E-state index in [1.165, 1.54) is 23.5 Å². The van der Waals surface area contributed by atoms with Crippen molar-refractivity contribution in [3.63, 3.8) is 0 Å². The SMILES string of the molecule is Cc1ccccc1Nc1nc(CSc2cccc[n+]2[O-])cs1. The van der Waals surface area contributed by atoms with Gasteiger partial charge >= 0.3 is 0 Å². The van der Waals surface area contributed by atoms with Crippen LogP contribution in [-0.2, 0) is 5.75 Å². The monoisotopic (exact) mass is 329 g/mol. The summed E-state index contributed by atoms with van der Waals surface area (Å²) >= 11 is 3.06. The molecular weight excluding hydrogens is 314 g/mol. The molecule has 6 heteroatoms. The summed E-state index contributed by atoms with van der Waals surface area (Å²) < 4.78 is 0.878. The summed E-state index contributed by atoms with van der Waals surface area (Å²) in [4.78, 5) is 4.57. The molecule has 2 aromatic heterocycles. The standard InChI is InChI=1S/C16H15N3OS2/c1-12-6-2-3-7-14(12)18-16-17-13(11-22-16)10-21-15-8-4-5-9-19(15)20/h2-9,11H,10H2,1H3,(H,17,18). The number of aryl methyl sites for hydroxylation is 1. The lowest BCUT2D eigenvalue weighted by Gasteiger charge is -2.05. The largest absolute Gasteiger partial charge is 0.618 e. The summed E-state index contributed by atoms with van der Waals surface area (Å²) in [5.41, 5.74) is 3.22. The molecule has 4 nitrogen and oxygen atoms in total. The number of pyridine rings is 1. The Kier molecular flexibility index (Phi) is 4.60. The molecule has 0 fully saturated rings. The molecule has 0 saturated carbocycles. The molecule has 0 aliphatic carbocycles. The predicted octanol–water partition coefficient (Wildman–Crippen LogP) is 4.12. The topological polar surface area (TPSA) is 51.9 Å². The van der Waals surface area contributed by atoms with Gasteiger partial charge in [-0.2, -0.15) is 4.73 Å². The van der Waals surface area contributed by atoms with Crippen molar-refractivity contribution in [3.05, 3.63) is 70.5 Å². The lowest BCUT2D eigenvalue weighted by Crippen LogP contribution is -2.27. The smallest absolute Gasteiger partial charge is 0.251 e. The summed E-state index contributed by atoms with van der Waals surface area (Å²) in [6.07, 6.45) is 1.51. The highest BCUT2D eigenvalue weighted by molar-refractivity contribution is 7.98. The number of thiazole rings is 1. The third-order valence-electron chi connectivity index (χ3n) is 3.09. The van der Waals surface area contributed by atoms with Crippen LogP contribution in [0.25, 0.3) is 0 Å². The van der Waals surface area contributed by atoms with Crippen LogP contribution in [0.5, 0.6) is 0 Å². The molecule has 0 amide bonds. The number of aromatic nitrogens is 2. The highest BCUT2D eigenvalue weighted by Gasteiger charge is 2.08. The molecule has 3 aromatic rings. The van der Waals surface area contributed by atoms with Crippen molar-refractivity contribution in [3.8, 4) is 0 Å². The van der Waals surface area contributed by atoms with Crippen LogP contribution >= 0.6 is 23.1 Å². The van der Waals surface area contributed by atoms with Gasteiger partial charge in [0.05, 0.1) is 5.69 Å². The van der Waals surface area contributed by atoms with Crippen LogP contribution < -0.4 is 10.0 Å². The maximum Gasteiger partial charge on any atom is 0.251 e. The number of nitrogens with zero attached hydrogens (tertiary/aromatic N) is 2. The van der Waals surface area contributed by atoms with Gasteiger partial charge in [0.1, 0.15) is 0 Å². The van der Waals surface area contributed by atoms with Gasteiger partial charge in [-0.05, 0) is 36.4 Å². The van der Waals surface area contributed by atoms with Crippen molar-refractivity contribution in [1.82, 2.24) is 4.98 Å². The van der Waals surface area contributed by atoms with Crippen molar-refractivity contribution >= 4 is 33.9 Å². The van der Waals surface area contributed by atoms with Gasteiger partial charge in [0.2, 0.25) is 0 Å². The third-order valence-corrected chi connectivity index (χ3v) is 4.95. The minimum Gasteiger partial charge on any atom is -0.618 e. The fraction of sp³-hybridized carbons (Fsp3) is 0.125. The first-order valence-corrected chi connectivity index (χ1v) is 8.67. The fourth-order valence-electron chi connectivity index (χ4n) is 1.93. The second-order valence-electron chi connectivity index (χ2n) is 4.74. The lowest BCUT2D eigenvalue weighted by molar-refractivity contribution is -0.645. The van der Waals surface area contributed by atoms with E-state index in [-0.39, 0.29) is 0 Å². The van der Waals surface area contributed by atoms with E-state index in [1.807, 2.05) is 35.7 Å². The Bertz CT molecular complexity index is 773. The maximum atomic E-state index is 11.6. The highest BCUT2D eigenvalue weighted by Crippen LogP contribution is 2.26. The van der Waals surface area contributed by atoms with Gasteiger partial charge in [0.25, 0.3) is 5.03 Å². The Morgan fingerprint density at radius 1 is 1.23 bits per heavy atom. The molecule has 0 saturated heterocycles. The van der Waals surface area contributed by atoms with Gasteiger partial charge in [-0.25, -0.2) is 4.98 Å². The van der Waals surface area contributed by atoms with Gasteiger partial charge in [-0.3, -0.25) is 0 Å². The molecule has 1 aromatic carbocycles. The molecule has 22 heavy (non-hydrogen) atoms. The molecular formula is C16H15N3OS2. The van der Waals surface area contributed by atoms with E-state index in [0.717, 1.165) is 21.2 Å². The van der Waals surface area contributed by atoms with Crippen LogP contribution in [0.3, 0.4) is 0 Å². The first-order chi connectivity index (χ1) is 10.7. The zero-order valence-corrected chi connectivity index (χ0v) is 13.7. The number of rotatable bonds is 5. The van der Waals surface area contributed by atoms with Crippen molar-refractivity contribution in [1.29, 1.82) is 0 Å². The Morgan fingerprint density at radius 2 is 2.05 bits per heavy atom. The predicted molar refractivity (Wildman–Crippen MR) is 91.5 cm³/mol. The Labute approximate surface area is 137 Å². The zero-order valence-electron chi connectivity index (χ0n) is 12.0. The normalized spacial score (nSPS) is 10.6. The van der Waals surface area contributed by atoms with E-state index in [9.17, 15) is 5.21 Å². The third kappa shape index (κ3) is 3.58. The molecule has 0 atom stereocenters. The minimum absolute atomic E-state index is 0.679. The first-order valence-electron chi connectivity index (χ1n) is 6.80. The summed E-state index contributed by atoms with van der Waals surface area (Å²) in [6.45, 7) is 2.06. The molecule has 0 unspecified atom stereocenters. The second-order valence-corrected chi connectivity index (χ2v) is 6.59.